The fraction of sp³-hybridized carbons (Fsp3) is 0.143. The van der Waals surface area contributed by atoms with Gasteiger partial charge >= 0.3 is 0 Å². The Morgan fingerprint density at radius 3 is 2.74 bits per heavy atom. The van der Waals surface area contributed by atoms with E-state index in [2.05, 4.69) is 20.3 Å². The molecule has 0 atom stereocenters. The quantitative estimate of drug-likeness (QED) is 0.522. The molecule has 0 bridgehead atoms. The molecule has 0 aliphatic heterocycles. The van der Waals surface area contributed by atoms with Crippen LogP contribution in [0.3, 0.4) is 0 Å². The molecule has 0 saturated heterocycles. The van der Waals surface area contributed by atoms with Gasteiger partial charge in [0.15, 0.2) is 0 Å². The number of imidazole rings is 1. The summed E-state index contributed by atoms with van der Waals surface area (Å²) in [6, 6.07) is 17.4. The summed E-state index contributed by atoms with van der Waals surface area (Å²) in [4.78, 5) is 12.2. The van der Waals surface area contributed by atoms with E-state index in [-0.39, 0.29) is 0 Å². The van der Waals surface area contributed by atoms with Gasteiger partial charge in [0, 0.05) is 12.3 Å². The van der Waals surface area contributed by atoms with Crippen molar-refractivity contribution in [2.75, 3.05) is 12.4 Å². The van der Waals surface area contributed by atoms with E-state index in [1.165, 1.54) is 0 Å². The molecule has 6 nitrogen and oxygen atoms in total. The summed E-state index contributed by atoms with van der Waals surface area (Å²) in [7, 11) is 1.65. The Bertz CT molecular complexity index is 1040. The molecule has 27 heavy (non-hydrogen) atoms. The molecule has 136 valence electrons. The Morgan fingerprint density at radius 2 is 1.93 bits per heavy atom. The molecule has 0 aliphatic rings. The number of aromatic amines is 1. The number of anilines is 1. The second kappa shape index (κ2) is 7.37. The highest BCUT2D eigenvalue weighted by atomic mass is 16.5. The van der Waals surface area contributed by atoms with E-state index in [0.717, 1.165) is 39.7 Å². The van der Waals surface area contributed by atoms with Crippen molar-refractivity contribution >= 4 is 16.9 Å². The maximum atomic E-state index is 5.99. The van der Waals surface area contributed by atoms with Crippen molar-refractivity contribution in [3.8, 4) is 17.2 Å². The summed E-state index contributed by atoms with van der Waals surface area (Å²) in [5, 5.41) is 3.28. The molecule has 0 fully saturated rings. The summed E-state index contributed by atoms with van der Waals surface area (Å²) >= 11 is 0. The van der Waals surface area contributed by atoms with Gasteiger partial charge in [-0.3, -0.25) is 0 Å². The van der Waals surface area contributed by atoms with Gasteiger partial charge in [-0.05, 0) is 48.9 Å². The number of nitrogens with zero attached hydrogens (tertiary/aromatic N) is 2. The number of rotatable bonds is 6. The first-order valence-corrected chi connectivity index (χ1v) is 8.67. The number of nitrogens with one attached hydrogen (secondary N) is 2. The molecule has 4 rings (SSSR count). The third-order valence-electron chi connectivity index (χ3n) is 4.22. The van der Waals surface area contributed by atoms with Gasteiger partial charge in [0.1, 0.15) is 28.9 Å². The normalized spacial score (nSPS) is 10.7. The molecule has 0 radical (unpaired) electrons. The van der Waals surface area contributed by atoms with Gasteiger partial charge < -0.3 is 19.8 Å². The van der Waals surface area contributed by atoms with Crippen LogP contribution in [0.5, 0.6) is 17.2 Å². The van der Waals surface area contributed by atoms with Crippen molar-refractivity contribution in [1.29, 1.82) is 0 Å². The zero-order valence-electron chi connectivity index (χ0n) is 15.2. The number of para-hydroxylation sites is 2. The number of ether oxygens (including phenoxy) is 2. The minimum atomic E-state index is 0.548. The van der Waals surface area contributed by atoms with E-state index in [4.69, 9.17) is 9.47 Å². The van der Waals surface area contributed by atoms with Crippen LogP contribution >= 0.6 is 0 Å². The van der Waals surface area contributed by atoms with Crippen molar-refractivity contribution in [2.24, 2.45) is 0 Å². The fourth-order valence-corrected chi connectivity index (χ4v) is 2.83. The molecule has 2 aromatic carbocycles. The first-order valence-electron chi connectivity index (χ1n) is 8.67. The highest BCUT2D eigenvalue weighted by molar-refractivity contribution is 5.74. The maximum Gasteiger partial charge on any atom is 0.132 e. The molecule has 4 aromatic rings. The standard InChI is InChI=1S/C21H20N4O2/c1-14-11-15(26-2)7-8-19(14)27-16-9-10-22-20(12-16)23-13-21-24-17-5-3-4-6-18(17)25-21/h3-12H,13H2,1-2H3,(H,22,23)(H,24,25). The number of aryl methyl sites for hydroxylation is 1. The van der Waals surface area contributed by atoms with Crippen LogP contribution in [-0.2, 0) is 6.54 Å². The van der Waals surface area contributed by atoms with E-state index in [0.29, 0.717) is 12.3 Å². The Labute approximate surface area is 157 Å². The topological polar surface area (TPSA) is 72.1 Å². The van der Waals surface area contributed by atoms with Crippen molar-refractivity contribution in [1.82, 2.24) is 15.0 Å². The van der Waals surface area contributed by atoms with Crippen molar-refractivity contribution < 1.29 is 9.47 Å². The average molecular weight is 360 g/mol. The molecule has 2 aromatic heterocycles. The van der Waals surface area contributed by atoms with Crippen LogP contribution in [-0.4, -0.2) is 22.1 Å². The predicted molar refractivity (Wildman–Crippen MR) is 105 cm³/mol. The molecular weight excluding hydrogens is 340 g/mol. The van der Waals surface area contributed by atoms with Gasteiger partial charge in [0.2, 0.25) is 0 Å². The molecule has 0 amide bonds. The highest BCUT2D eigenvalue weighted by Crippen LogP contribution is 2.28. The van der Waals surface area contributed by atoms with Crippen molar-refractivity contribution in [2.45, 2.75) is 13.5 Å². The minimum Gasteiger partial charge on any atom is -0.497 e. The predicted octanol–water partition coefficient (Wildman–Crippen LogP) is 4.68. The third kappa shape index (κ3) is 3.84. The van der Waals surface area contributed by atoms with Gasteiger partial charge in [-0.2, -0.15) is 0 Å². The highest BCUT2D eigenvalue weighted by Gasteiger charge is 2.06. The summed E-state index contributed by atoms with van der Waals surface area (Å²) in [6.45, 7) is 2.53. The molecule has 0 saturated carbocycles. The monoisotopic (exact) mass is 360 g/mol. The number of hydrogen-bond acceptors (Lipinski definition) is 5. The van der Waals surface area contributed by atoms with Crippen LogP contribution < -0.4 is 14.8 Å². The summed E-state index contributed by atoms with van der Waals surface area (Å²) in [5.74, 6) is 3.88. The number of pyridine rings is 1. The van der Waals surface area contributed by atoms with E-state index in [1.54, 1.807) is 13.3 Å². The van der Waals surface area contributed by atoms with Crippen LogP contribution in [0.2, 0.25) is 0 Å². The smallest absolute Gasteiger partial charge is 0.132 e. The lowest BCUT2D eigenvalue weighted by atomic mass is 10.2. The van der Waals surface area contributed by atoms with Crippen LogP contribution in [0.4, 0.5) is 5.82 Å². The molecule has 2 N–H and O–H groups in total. The second-order valence-corrected chi connectivity index (χ2v) is 6.16. The molecule has 6 heteroatoms. The molecule has 0 unspecified atom stereocenters. The summed E-state index contributed by atoms with van der Waals surface area (Å²) in [5.41, 5.74) is 2.98. The van der Waals surface area contributed by atoms with E-state index in [1.807, 2.05) is 61.5 Å². The van der Waals surface area contributed by atoms with E-state index >= 15 is 0 Å². The van der Waals surface area contributed by atoms with Crippen LogP contribution in [0.25, 0.3) is 11.0 Å². The van der Waals surface area contributed by atoms with Gasteiger partial charge in [-0.25, -0.2) is 9.97 Å². The van der Waals surface area contributed by atoms with Crippen molar-refractivity contribution in [3.63, 3.8) is 0 Å². The maximum absolute atomic E-state index is 5.99. The lowest BCUT2D eigenvalue weighted by molar-refractivity contribution is 0.412. The number of fused-ring (bicyclic) bond motifs is 1. The lowest BCUT2D eigenvalue weighted by Crippen LogP contribution is -2.03. The molecule has 2 heterocycles. The zero-order chi connectivity index (χ0) is 18.6. The third-order valence-corrected chi connectivity index (χ3v) is 4.22. The summed E-state index contributed by atoms with van der Waals surface area (Å²) < 4.78 is 11.2. The zero-order valence-corrected chi connectivity index (χ0v) is 15.2. The number of H-pyrrole nitrogens is 1. The Balaban J connectivity index is 1.45. The average Bonchev–Trinajstić information content (AvgIpc) is 3.11. The molecule has 0 aliphatic carbocycles. The van der Waals surface area contributed by atoms with Crippen molar-refractivity contribution in [3.05, 3.63) is 72.2 Å². The van der Waals surface area contributed by atoms with E-state index < -0.39 is 0 Å². The Morgan fingerprint density at radius 1 is 1.04 bits per heavy atom. The number of hydrogen-bond donors (Lipinski definition) is 2. The van der Waals surface area contributed by atoms with Crippen LogP contribution in [0, 0.1) is 6.92 Å². The van der Waals surface area contributed by atoms with Crippen LogP contribution in [0.15, 0.2) is 60.8 Å². The van der Waals surface area contributed by atoms with Gasteiger partial charge in [-0.1, -0.05) is 12.1 Å². The lowest BCUT2D eigenvalue weighted by Gasteiger charge is -2.11. The fourth-order valence-electron chi connectivity index (χ4n) is 2.83. The Hall–Kier alpha value is -3.54. The largest absolute Gasteiger partial charge is 0.497 e. The first kappa shape index (κ1) is 16.9. The number of methoxy groups -OCH3 is 1. The van der Waals surface area contributed by atoms with E-state index in [9.17, 15) is 0 Å². The summed E-state index contributed by atoms with van der Waals surface area (Å²) in [6.07, 6.45) is 1.72. The van der Waals surface area contributed by atoms with Gasteiger partial charge in [0.05, 0.1) is 24.7 Å². The first-order chi connectivity index (χ1) is 13.2. The SMILES string of the molecule is COc1ccc(Oc2ccnc(NCc3nc4ccccc4[nH]3)c2)c(C)c1. The Kier molecular flexibility index (Phi) is 4.61. The van der Waals surface area contributed by atoms with Crippen LogP contribution in [0.1, 0.15) is 11.4 Å². The molecular formula is C21H20N4O2. The molecule has 0 spiro atoms. The van der Waals surface area contributed by atoms with Gasteiger partial charge in [-0.15, -0.1) is 0 Å². The minimum absolute atomic E-state index is 0.548. The second-order valence-electron chi connectivity index (χ2n) is 6.16. The van der Waals surface area contributed by atoms with Gasteiger partial charge in [0.25, 0.3) is 0 Å². The number of benzene rings is 2. The number of aromatic nitrogens is 3.